The Hall–Kier alpha value is -0.770. The Bertz CT molecular complexity index is 367. The Morgan fingerprint density at radius 1 is 1.44 bits per heavy atom. The quantitative estimate of drug-likeness (QED) is 0.649. The van der Waals surface area contributed by atoms with Crippen LogP contribution >= 0.6 is 0 Å². The SMILES string of the molecule is C#CC1(CC(C)=O)C2(C)CCC(C2)C1(C)C. The van der Waals surface area contributed by atoms with Gasteiger partial charge in [0.15, 0.2) is 0 Å². The van der Waals surface area contributed by atoms with Gasteiger partial charge in [0.05, 0.1) is 0 Å². The highest BCUT2D eigenvalue weighted by Crippen LogP contribution is 2.73. The summed E-state index contributed by atoms with van der Waals surface area (Å²) in [6.07, 6.45) is 10.1. The molecule has 2 fully saturated rings. The summed E-state index contributed by atoms with van der Waals surface area (Å²) in [4.78, 5) is 11.6. The van der Waals surface area contributed by atoms with Gasteiger partial charge in [-0.1, -0.05) is 26.7 Å². The number of carbonyl (C=O) groups is 1. The fourth-order valence-electron chi connectivity index (χ4n) is 4.60. The third-order valence-electron chi connectivity index (χ3n) is 5.65. The Kier molecular flexibility index (Phi) is 2.29. The Morgan fingerprint density at radius 3 is 2.44 bits per heavy atom. The van der Waals surface area contributed by atoms with Crippen molar-refractivity contribution in [2.75, 3.05) is 0 Å². The van der Waals surface area contributed by atoms with Crippen LogP contribution in [0.2, 0.25) is 0 Å². The average Bonchev–Trinajstić information content (AvgIpc) is 2.62. The van der Waals surface area contributed by atoms with E-state index in [9.17, 15) is 4.79 Å². The first-order valence-electron chi connectivity index (χ1n) is 6.26. The molecular weight excluding hydrogens is 196 g/mol. The first kappa shape index (κ1) is 11.7. The second-order valence-corrected chi connectivity index (χ2v) is 6.65. The third-order valence-corrected chi connectivity index (χ3v) is 5.65. The summed E-state index contributed by atoms with van der Waals surface area (Å²) in [7, 11) is 0. The van der Waals surface area contributed by atoms with E-state index in [2.05, 4.69) is 26.7 Å². The minimum absolute atomic E-state index is 0.112. The van der Waals surface area contributed by atoms with Crippen molar-refractivity contribution in [2.45, 2.75) is 53.4 Å². The van der Waals surface area contributed by atoms with Crippen molar-refractivity contribution < 1.29 is 4.79 Å². The van der Waals surface area contributed by atoms with Gasteiger partial charge in [0, 0.05) is 11.8 Å². The molecule has 3 atom stereocenters. The zero-order chi connectivity index (χ0) is 12.2. The molecule has 0 heterocycles. The second-order valence-electron chi connectivity index (χ2n) is 6.65. The number of carbonyl (C=O) groups excluding carboxylic acids is 1. The van der Waals surface area contributed by atoms with E-state index < -0.39 is 0 Å². The van der Waals surface area contributed by atoms with Crippen LogP contribution in [0.15, 0.2) is 0 Å². The molecule has 0 saturated heterocycles. The number of rotatable bonds is 2. The molecule has 1 nitrogen and oxygen atoms in total. The molecule has 0 spiro atoms. The van der Waals surface area contributed by atoms with Crippen molar-refractivity contribution >= 4 is 5.78 Å². The van der Waals surface area contributed by atoms with Crippen molar-refractivity contribution in [1.29, 1.82) is 0 Å². The van der Waals surface area contributed by atoms with Crippen LogP contribution in [0.5, 0.6) is 0 Å². The molecule has 1 heteroatoms. The molecule has 2 bridgehead atoms. The van der Waals surface area contributed by atoms with E-state index in [-0.39, 0.29) is 22.0 Å². The van der Waals surface area contributed by atoms with Crippen LogP contribution in [0.25, 0.3) is 0 Å². The first-order valence-corrected chi connectivity index (χ1v) is 6.26. The molecule has 3 unspecified atom stereocenters. The molecule has 88 valence electrons. The number of Topliss-reactive ketones (excluding diaryl/α,β-unsaturated/α-hetero) is 1. The maximum Gasteiger partial charge on any atom is 0.131 e. The summed E-state index contributed by atoms with van der Waals surface area (Å²) in [6, 6.07) is 0. The summed E-state index contributed by atoms with van der Waals surface area (Å²) in [5.74, 6) is 3.99. The standard InChI is InChI=1S/C15H22O/c1-6-15(9-11(2)16)13(3,4)12-7-8-14(15,5)10-12/h1,12H,7-10H2,2-5H3. The summed E-state index contributed by atoms with van der Waals surface area (Å²) >= 11 is 0. The average molecular weight is 218 g/mol. The van der Waals surface area contributed by atoms with Crippen molar-refractivity contribution in [3.05, 3.63) is 0 Å². The molecule has 0 aliphatic heterocycles. The number of ketones is 1. The third kappa shape index (κ3) is 1.11. The molecule has 0 aromatic heterocycles. The Labute approximate surface area is 99.0 Å². The lowest BCUT2D eigenvalue weighted by Gasteiger charge is -2.51. The lowest BCUT2D eigenvalue weighted by molar-refractivity contribution is -0.123. The lowest BCUT2D eigenvalue weighted by atomic mass is 9.51. The van der Waals surface area contributed by atoms with Crippen LogP contribution in [0.4, 0.5) is 0 Å². The minimum Gasteiger partial charge on any atom is -0.300 e. The van der Waals surface area contributed by atoms with Gasteiger partial charge in [-0.3, -0.25) is 4.79 Å². The second kappa shape index (κ2) is 3.13. The smallest absolute Gasteiger partial charge is 0.131 e. The summed E-state index contributed by atoms with van der Waals surface area (Å²) in [6.45, 7) is 8.50. The number of fused-ring (bicyclic) bond motifs is 2. The molecule has 2 aliphatic rings. The Morgan fingerprint density at radius 2 is 2.06 bits per heavy atom. The summed E-state index contributed by atoms with van der Waals surface area (Å²) in [5.41, 5.74) is 0.0801. The molecule has 0 amide bonds. The molecule has 0 aromatic carbocycles. The highest BCUT2D eigenvalue weighted by molar-refractivity contribution is 5.77. The van der Waals surface area contributed by atoms with Gasteiger partial charge >= 0.3 is 0 Å². The zero-order valence-electron chi connectivity index (χ0n) is 10.9. The van der Waals surface area contributed by atoms with Gasteiger partial charge in [-0.25, -0.2) is 0 Å². The fourth-order valence-corrected chi connectivity index (χ4v) is 4.60. The molecule has 0 aromatic rings. The molecule has 2 aliphatic carbocycles. The molecule has 0 N–H and O–H groups in total. The maximum absolute atomic E-state index is 11.6. The van der Waals surface area contributed by atoms with E-state index in [0.29, 0.717) is 12.3 Å². The van der Waals surface area contributed by atoms with Gasteiger partial charge in [0.25, 0.3) is 0 Å². The predicted molar refractivity (Wildman–Crippen MR) is 65.8 cm³/mol. The summed E-state index contributed by atoms with van der Waals surface area (Å²) < 4.78 is 0. The maximum atomic E-state index is 11.6. The van der Waals surface area contributed by atoms with Crippen LogP contribution in [-0.4, -0.2) is 5.78 Å². The number of terminal acetylenes is 1. The highest BCUT2D eigenvalue weighted by Gasteiger charge is 2.68. The van der Waals surface area contributed by atoms with E-state index in [0.717, 1.165) is 0 Å². The molecule has 0 radical (unpaired) electrons. The zero-order valence-corrected chi connectivity index (χ0v) is 10.9. The predicted octanol–water partition coefficient (Wildman–Crippen LogP) is 3.43. The van der Waals surface area contributed by atoms with E-state index in [1.165, 1.54) is 19.3 Å². The van der Waals surface area contributed by atoms with E-state index in [1.807, 2.05) is 0 Å². The first-order chi connectivity index (χ1) is 7.29. The highest BCUT2D eigenvalue weighted by atomic mass is 16.1. The normalized spacial score (nSPS) is 44.3. The van der Waals surface area contributed by atoms with E-state index >= 15 is 0 Å². The van der Waals surface area contributed by atoms with Crippen molar-refractivity contribution in [3.8, 4) is 12.3 Å². The van der Waals surface area contributed by atoms with Crippen LogP contribution in [0, 0.1) is 34.5 Å². The van der Waals surface area contributed by atoms with Gasteiger partial charge in [0.1, 0.15) is 5.78 Å². The van der Waals surface area contributed by atoms with Gasteiger partial charge < -0.3 is 0 Å². The van der Waals surface area contributed by atoms with Crippen molar-refractivity contribution in [2.24, 2.45) is 22.2 Å². The van der Waals surface area contributed by atoms with E-state index in [1.54, 1.807) is 6.92 Å². The summed E-state index contributed by atoms with van der Waals surface area (Å²) in [5, 5.41) is 0. The lowest BCUT2D eigenvalue weighted by Crippen LogP contribution is -2.47. The molecular formula is C15H22O. The van der Waals surface area contributed by atoms with Crippen LogP contribution in [-0.2, 0) is 4.79 Å². The molecule has 2 saturated carbocycles. The molecule has 16 heavy (non-hydrogen) atoms. The van der Waals surface area contributed by atoms with Crippen LogP contribution in [0.3, 0.4) is 0 Å². The minimum atomic E-state index is -0.214. The van der Waals surface area contributed by atoms with Gasteiger partial charge in [-0.2, -0.15) is 0 Å². The van der Waals surface area contributed by atoms with Gasteiger partial charge in [0.2, 0.25) is 0 Å². The number of hydrogen-bond acceptors (Lipinski definition) is 1. The van der Waals surface area contributed by atoms with Gasteiger partial charge in [-0.05, 0) is 42.9 Å². The van der Waals surface area contributed by atoms with Crippen molar-refractivity contribution in [1.82, 2.24) is 0 Å². The van der Waals surface area contributed by atoms with Crippen molar-refractivity contribution in [3.63, 3.8) is 0 Å². The van der Waals surface area contributed by atoms with Crippen LogP contribution < -0.4 is 0 Å². The largest absolute Gasteiger partial charge is 0.300 e. The van der Waals surface area contributed by atoms with Crippen LogP contribution in [0.1, 0.15) is 53.4 Å². The number of hydrogen-bond donors (Lipinski definition) is 0. The van der Waals surface area contributed by atoms with Gasteiger partial charge in [-0.15, -0.1) is 6.42 Å². The Balaban J connectivity index is 2.51. The van der Waals surface area contributed by atoms with E-state index in [4.69, 9.17) is 6.42 Å². The fraction of sp³-hybridized carbons (Fsp3) is 0.800. The monoisotopic (exact) mass is 218 g/mol. The topological polar surface area (TPSA) is 17.1 Å². The molecule has 2 rings (SSSR count).